The molecular weight excluding hydrogens is 481 g/mol. The normalized spacial score (nSPS) is 14.8. The van der Waals surface area contributed by atoms with E-state index in [9.17, 15) is 17.6 Å². The second kappa shape index (κ2) is 10.4. The second-order valence-electron chi connectivity index (χ2n) is 9.85. The molecule has 36 heavy (non-hydrogen) atoms. The molecule has 0 atom stereocenters. The highest BCUT2D eigenvalue weighted by atomic mass is 32.2. The highest BCUT2D eigenvalue weighted by molar-refractivity contribution is 7.89. The molecule has 192 valence electrons. The molecule has 9 heteroatoms. The van der Waals surface area contributed by atoms with Crippen LogP contribution in [-0.4, -0.2) is 57.7 Å². The fraction of sp³-hybridized carbons (Fsp3) is 0.370. The first-order valence-electron chi connectivity index (χ1n) is 12.0. The molecule has 3 aromatic rings. The van der Waals surface area contributed by atoms with Gasteiger partial charge in [-0.25, -0.2) is 22.3 Å². The van der Waals surface area contributed by atoms with Gasteiger partial charge in [-0.2, -0.15) is 0 Å². The van der Waals surface area contributed by atoms with Gasteiger partial charge in [0.15, 0.2) is 0 Å². The van der Waals surface area contributed by atoms with Crippen LogP contribution in [0.15, 0.2) is 65.6 Å². The number of piperazine rings is 1. The minimum absolute atomic E-state index is 0.0896. The first-order valence-corrected chi connectivity index (χ1v) is 13.5. The molecule has 1 heterocycles. The van der Waals surface area contributed by atoms with E-state index in [1.54, 1.807) is 4.90 Å². The van der Waals surface area contributed by atoms with Crippen LogP contribution in [0.5, 0.6) is 0 Å². The van der Waals surface area contributed by atoms with E-state index in [0.717, 1.165) is 28.1 Å². The fourth-order valence-electron chi connectivity index (χ4n) is 4.33. The van der Waals surface area contributed by atoms with Crippen molar-refractivity contribution < 1.29 is 22.3 Å². The third-order valence-electron chi connectivity index (χ3n) is 6.06. The number of amides is 1. The van der Waals surface area contributed by atoms with E-state index in [2.05, 4.69) is 21.8 Å². The zero-order valence-corrected chi connectivity index (χ0v) is 21.6. The smallest absolute Gasteiger partial charge is 0.410 e. The Balaban J connectivity index is 1.45. The summed E-state index contributed by atoms with van der Waals surface area (Å²) in [6.07, 6.45) is 0.199. The number of sulfonamides is 1. The number of carbonyl (C=O) groups is 1. The highest BCUT2D eigenvalue weighted by Gasteiger charge is 2.26. The lowest BCUT2D eigenvalue weighted by molar-refractivity contribution is 0.0240. The molecular formula is C27H32FN3O4S. The van der Waals surface area contributed by atoms with E-state index < -0.39 is 21.4 Å². The summed E-state index contributed by atoms with van der Waals surface area (Å²) in [5.41, 5.74) is 1.58. The molecule has 1 amide bonds. The van der Waals surface area contributed by atoms with Gasteiger partial charge in [-0.15, -0.1) is 0 Å². The number of benzene rings is 3. The van der Waals surface area contributed by atoms with Gasteiger partial charge in [0.05, 0.1) is 4.90 Å². The molecule has 1 N–H and O–H groups in total. The topological polar surface area (TPSA) is 79.0 Å². The lowest BCUT2D eigenvalue weighted by Crippen LogP contribution is -2.50. The van der Waals surface area contributed by atoms with Crippen molar-refractivity contribution in [3.05, 3.63) is 72.0 Å². The second-order valence-corrected chi connectivity index (χ2v) is 11.6. The lowest BCUT2D eigenvalue weighted by atomic mass is 10.00. The van der Waals surface area contributed by atoms with Crippen LogP contribution in [0.25, 0.3) is 10.8 Å². The molecule has 0 radical (unpaired) electrons. The Morgan fingerprint density at radius 3 is 2.33 bits per heavy atom. The van der Waals surface area contributed by atoms with E-state index in [0.29, 0.717) is 32.6 Å². The number of fused-ring (bicyclic) bond motifs is 1. The van der Waals surface area contributed by atoms with Gasteiger partial charge < -0.3 is 14.5 Å². The van der Waals surface area contributed by atoms with Gasteiger partial charge in [-0.05, 0) is 62.4 Å². The molecule has 0 aliphatic carbocycles. The number of halogens is 1. The van der Waals surface area contributed by atoms with Crippen LogP contribution in [0.4, 0.5) is 14.9 Å². The number of hydrogen-bond donors (Lipinski definition) is 1. The largest absolute Gasteiger partial charge is 0.444 e. The lowest BCUT2D eigenvalue weighted by Gasteiger charge is -2.37. The van der Waals surface area contributed by atoms with Crippen molar-refractivity contribution >= 4 is 32.6 Å². The van der Waals surface area contributed by atoms with Crippen LogP contribution in [0.2, 0.25) is 0 Å². The van der Waals surface area contributed by atoms with Crippen LogP contribution >= 0.6 is 0 Å². The van der Waals surface area contributed by atoms with Crippen molar-refractivity contribution in [2.45, 2.75) is 37.7 Å². The Labute approximate surface area is 211 Å². The summed E-state index contributed by atoms with van der Waals surface area (Å²) < 4.78 is 46.6. The van der Waals surface area contributed by atoms with Crippen molar-refractivity contribution in [1.82, 2.24) is 9.62 Å². The molecule has 1 fully saturated rings. The Morgan fingerprint density at radius 2 is 1.67 bits per heavy atom. The van der Waals surface area contributed by atoms with Crippen LogP contribution in [0.1, 0.15) is 26.3 Å². The maximum atomic E-state index is 13.5. The third-order valence-corrected chi connectivity index (χ3v) is 7.51. The number of ether oxygens (including phenoxy) is 1. The quantitative estimate of drug-likeness (QED) is 0.523. The Bertz CT molecular complexity index is 1350. The predicted molar refractivity (Wildman–Crippen MR) is 139 cm³/mol. The van der Waals surface area contributed by atoms with E-state index in [-0.39, 0.29) is 17.5 Å². The summed E-state index contributed by atoms with van der Waals surface area (Å²) >= 11 is 0. The molecule has 0 saturated carbocycles. The summed E-state index contributed by atoms with van der Waals surface area (Å²) in [5.74, 6) is -0.591. The van der Waals surface area contributed by atoms with E-state index in [4.69, 9.17) is 4.74 Å². The van der Waals surface area contributed by atoms with Crippen LogP contribution in [-0.2, 0) is 21.2 Å². The number of nitrogens with one attached hydrogen (secondary N) is 1. The van der Waals surface area contributed by atoms with E-state index in [1.165, 1.54) is 18.2 Å². The number of carbonyl (C=O) groups excluding carboxylic acids is 1. The fourth-order valence-corrected chi connectivity index (χ4v) is 5.40. The minimum Gasteiger partial charge on any atom is -0.444 e. The molecule has 4 rings (SSSR count). The number of anilines is 1. The average Bonchev–Trinajstić information content (AvgIpc) is 2.83. The highest BCUT2D eigenvalue weighted by Crippen LogP contribution is 2.31. The zero-order chi connectivity index (χ0) is 25.9. The maximum absolute atomic E-state index is 13.5. The van der Waals surface area contributed by atoms with Gasteiger partial charge >= 0.3 is 6.09 Å². The third kappa shape index (κ3) is 6.14. The maximum Gasteiger partial charge on any atom is 0.410 e. The Morgan fingerprint density at radius 1 is 0.972 bits per heavy atom. The van der Waals surface area contributed by atoms with E-state index in [1.807, 2.05) is 45.0 Å². The molecule has 1 aliphatic heterocycles. The van der Waals surface area contributed by atoms with Crippen LogP contribution in [0.3, 0.4) is 0 Å². The minimum atomic E-state index is -3.80. The van der Waals surface area contributed by atoms with Crippen molar-refractivity contribution in [2.24, 2.45) is 0 Å². The van der Waals surface area contributed by atoms with Crippen LogP contribution in [0, 0.1) is 5.82 Å². The summed E-state index contributed by atoms with van der Waals surface area (Å²) in [7, 11) is -3.80. The van der Waals surface area contributed by atoms with Crippen molar-refractivity contribution in [1.29, 1.82) is 0 Å². The average molecular weight is 514 g/mol. The number of hydrogen-bond acceptors (Lipinski definition) is 5. The van der Waals surface area contributed by atoms with Gasteiger partial charge in [0.1, 0.15) is 11.4 Å². The van der Waals surface area contributed by atoms with Gasteiger partial charge in [0.25, 0.3) is 0 Å². The molecule has 0 aromatic heterocycles. The van der Waals surface area contributed by atoms with Gasteiger partial charge in [0.2, 0.25) is 10.0 Å². The first-order chi connectivity index (χ1) is 17.0. The summed E-state index contributed by atoms with van der Waals surface area (Å²) in [6.45, 7) is 8.31. The van der Waals surface area contributed by atoms with Gasteiger partial charge in [0, 0.05) is 43.8 Å². The number of rotatable bonds is 6. The van der Waals surface area contributed by atoms with Crippen LogP contribution < -0.4 is 9.62 Å². The molecule has 0 bridgehead atoms. The van der Waals surface area contributed by atoms with E-state index >= 15 is 0 Å². The van der Waals surface area contributed by atoms with Crippen molar-refractivity contribution in [2.75, 3.05) is 37.6 Å². The summed E-state index contributed by atoms with van der Waals surface area (Å²) in [5, 5.41) is 2.13. The molecule has 0 spiro atoms. The van der Waals surface area contributed by atoms with Gasteiger partial charge in [-0.3, -0.25) is 0 Å². The summed E-state index contributed by atoms with van der Waals surface area (Å²) in [4.78, 5) is 16.3. The van der Waals surface area contributed by atoms with Crippen molar-refractivity contribution in [3.63, 3.8) is 0 Å². The predicted octanol–water partition coefficient (Wildman–Crippen LogP) is 4.56. The molecule has 7 nitrogen and oxygen atoms in total. The number of nitrogens with zero attached hydrogens (tertiary/aromatic N) is 2. The SMILES string of the molecule is CC(C)(C)OC(=O)N1CCN(c2ccc(CCNS(=O)(=O)c3cccc(F)c3)c3ccccc23)CC1. The molecule has 3 aromatic carbocycles. The molecule has 1 aliphatic rings. The zero-order valence-electron chi connectivity index (χ0n) is 20.8. The summed E-state index contributed by atoms with van der Waals surface area (Å²) in [6, 6.07) is 17.1. The Kier molecular flexibility index (Phi) is 7.51. The standard InChI is InChI=1S/C27H32FN3O4S/c1-27(2,3)35-26(32)31-17-15-30(16-18-31)25-12-11-20(23-9-4-5-10-24(23)25)13-14-29-36(33,34)22-8-6-7-21(28)19-22/h4-12,19,29H,13-18H2,1-3H3. The molecule has 0 unspecified atom stereocenters. The van der Waals surface area contributed by atoms with Gasteiger partial charge in [-0.1, -0.05) is 36.4 Å². The first kappa shape index (κ1) is 25.9. The van der Waals surface area contributed by atoms with Crippen molar-refractivity contribution in [3.8, 4) is 0 Å². The Hall–Kier alpha value is -3.17. The molecule has 1 saturated heterocycles. The monoisotopic (exact) mass is 513 g/mol.